The fourth-order valence-electron chi connectivity index (χ4n) is 1.85. The Morgan fingerprint density at radius 1 is 1.06 bits per heavy atom. The van der Waals surface area contributed by atoms with Crippen LogP contribution in [-0.4, -0.2) is 11.7 Å². The first-order chi connectivity index (χ1) is 7.86. The van der Waals surface area contributed by atoms with Crippen LogP contribution in [0.25, 0.3) is 0 Å². The lowest BCUT2D eigenvalue weighted by atomic mass is 10.1. The van der Waals surface area contributed by atoms with Gasteiger partial charge in [0.15, 0.2) is 12.4 Å². The predicted octanol–water partition coefficient (Wildman–Crippen LogP) is -0.517. The van der Waals surface area contributed by atoms with E-state index in [0.717, 1.165) is 19.4 Å². The summed E-state index contributed by atoms with van der Waals surface area (Å²) < 4.78 is 2.25. The molecule has 1 heterocycles. The minimum atomic E-state index is 0. The Labute approximate surface area is 115 Å². The number of aryl methyl sites for hydroxylation is 2. The second-order valence-corrected chi connectivity index (χ2v) is 4.33. The summed E-state index contributed by atoms with van der Waals surface area (Å²) in [6, 6.07) is 4.44. The van der Waals surface area contributed by atoms with Crippen molar-refractivity contribution in [2.45, 2.75) is 52.0 Å². The number of rotatable bonds is 8. The molecule has 0 amide bonds. The Morgan fingerprint density at radius 2 is 1.71 bits per heavy atom. The van der Waals surface area contributed by atoms with Crippen molar-refractivity contribution in [2.75, 3.05) is 6.61 Å². The summed E-state index contributed by atoms with van der Waals surface area (Å²) >= 11 is 0. The molecule has 17 heavy (non-hydrogen) atoms. The van der Waals surface area contributed by atoms with E-state index in [1.54, 1.807) is 0 Å². The van der Waals surface area contributed by atoms with Gasteiger partial charge in [-0.3, -0.25) is 0 Å². The third kappa shape index (κ3) is 7.50. The van der Waals surface area contributed by atoms with Crippen molar-refractivity contribution in [3.05, 3.63) is 30.1 Å². The first kappa shape index (κ1) is 16.6. The predicted molar refractivity (Wildman–Crippen MR) is 66.2 cm³/mol. The molecule has 0 aliphatic rings. The third-order valence-corrected chi connectivity index (χ3v) is 2.82. The number of aliphatic hydroxyl groups excluding tert-OH is 1. The fourth-order valence-corrected chi connectivity index (χ4v) is 1.85. The molecule has 3 heteroatoms. The lowest BCUT2D eigenvalue weighted by molar-refractivity contribution is -0.697. The molecule has 0 unspecified atom stereocenters. The molecule has 2 nitrogen and oxygen atoms in total. The zero-order valence-corrected chi connectivity index (χ0v) is 12.3. The third-order valence-electron chi connectivity index (χ3n) is 2.82. The number of aliphatic hydroxyl groups is 1. The van der Waals surface area contributed by atoms with E-state index in [0.29, 0.717) is 6.61 Å². The van der Waals surface area contributed by atoms with Gasteiger partial charge in [-0.25, -0.2) is 4.57 Å². The Hall–Kier alpha value is -0.410. The molecule has 1 N–H and O–H groups in total. The van der Waals surface area contributed by atoms with Gasteiger partial charge in [-0.05, 0) is 24.8 Å². The van der Waals surface area contributed by atoms with Crippen LogP contribution in [0.3, 0.4) is 0 Å². The normalized spacial score (nSPS) is 10.0. The first-order valence-corrected chi connectivity index (χ1v) is 6.45. The summed E-state index contributed by atoms with van der Waals surface area (Å²) in [5.41, 5.74) is 1.43. The van der Waals surface area contributed by atoms with Crippen molar-refractivity contribution in [2.24, 2.45) is 0 Å². The number of nitrogens with zero attached hydrogens (tertiary/aromatic N) is 1. The maximum atomic E-state index is 8.66. The number of pyridine rings is 1. The van der Waals surface area contributed by atoms with Gasteiger partial charge < -0.3 is 22.1 Å². The van der Waals surface area contributed by atoms with Crippen LogP contribution in [0.2, 0.25) is 0 Å². The molecule has 1 aromatic rings. The van der Waals surface area contributed by atoms with Gasteiger partial charge in [0.1, 0.15) is 6.54 Å². The summed E-state index contributed by atoms with van der Waals surface area (Å²) in [5.74, 6) is 0. The van der Waals surface area contributed by atoms with Crippen molar-refractivity contribution < 1.29 is 26.7 Å². The van der Waals surface area contributed by atoms with Crippen molar-refractivity contribution in [3.63, 3.8) is 0 Å². The molecule has 1 rings (SSSR count). The lowest BCUT2D eigenvalue weighted by Gasteiger charge is -1.99. The van der Waals surface area contributed by atoms with Crippen LogP contribution in [0.5, 0.6) is 0 Å². The summed E-state index contributed by atoms with van der Waals surface area (Å²) in [7, 11) is 0. The van der Waals surface area contributed by atoms with E-state index >= 15 is 0 Å². The zero-order chi connectivity index (χ0) is 11.6. The van der Waals surface area contributed by atoms with Gasteiger partial charge in [0.05, 0.1) is 0 Å². The maximum absolute atomic E-state index is 8.66. The SMILES string of the molecule is CCCc1cc[n+](CCCCCCO)cc1.[Br-]. The van der Waals surface area contributed by atoms with Gasteiger partial charge in [0.25, 0.3) is 0 Å². The molecule has 0 bridgehead atoms. The molecular formula is C14H24BrNO. The van der Waals surface area contributed by atoms with Crippen molar-refractivity contribution in [1.82, 2.24) is 0 Å². The molecule has 0 saturated carbocycles. The molecule has 0 fully saturated rings. The van der Waals surface area contributed by atoms with Crippen molar-refractivity contribution in [3.8, 4) is 0 Å². The van der Waals surface area contributed by atoms with Crippen LogP contribution in [-0.2, 0) is 13.0 Å². The molecule has 98 valence electrons. The molecule has 0 spiro atoms. The van der Waals surface area contributed by atoms with E-state index in [1.165, 1.54) is 31.2 Å². The van der Waals surface area contributed by atoms with Crippen LogP contribution in [0.15, 0.2) is 24.5 Å². The van der Waals surface area contributed by atoms with Gasteiger partial charge in [0, 0.05) is 25.2 Å². The average Bonchev–Trinajstić information content (AvgIpc) is 2.31. The highest BCUT2D eigenvalue weighted by atomic mass is 79.9. The van der Waals surface area contributed by atoms with Crippen LogP contribution in [0.1, 0.15) is 44.6 Å². The average molecular weight is 302 g/mol. The second-order valence-electron chi connectivity index (χ2n) is 4.33. The van der Waals surface area contributed by atoms with E-state index < -0.39 is 0 Å². The highest BCUT2D eigenvalue weighted by Gasteiger charge is 2.00. The highest BCUT2D eigenvalue weighted by Crippen LogP contribution is 2.01. The van der Waals surface area contributed by atoms with Gasteiger partial charge in [-0.15, -0.1) is 0 Å². The Bertz CT molecular complexity index is 274. The second kappa shape index (κ2) is 10.7. The van der Waals surface area contributed by atoms with Crippen LogP contribution in [0.4, 0.5) is 0 Å². The first-order valence-electron chi connectivity index (χ1n) is 6.45. The molecular weight excluding hydrogens is 278 g/mol. The van der Waals surface area contributed by atoms with Gasteiger partial charge >= 0.3 is 0 Å². The Morgan fingerprint density at radius 3 is 2.29 bits per heavy atom. The maximum Gasteiger partial charge on any atom is 0.169 e. The quantitative estimate of drug-likeness (QED) is 0.507. The molecule has 0 aliphatic heterocycles. The standard InChI is InChI=1S/C14H24NO.BrH/c1-2-7-14-8-11-15(12-9-14)10-5-3-4-6-13-16;/h8-9,11-12,16H,2-7,10,13H2,1H3;1H/q+1;/p-1. The number of unbranched alkanes of at least 4 members (excludes halogenated alkanes) is 3. The number of aromatic nitrogens is 1. The van der Waals surface area contributed by atoms with E-state index in [1.807, 2.05) is 0 Å². The van der Waals surface area contributed by atoms with E-state index in [2.05, 4.69) is 36.0 Å². The molecule has 0 aliphatic carbocycles. The lowest BCUT2D eigenvalue weighted by Crippen LogP contribution is -3.00. The van der Waals surface area contributed by atoms with Gasteiger partial charge in [0.2, 0.25) is 0 Å². The smallest absolute Gasteiger partial charge is 0.169 e. The number of hydrogen-bond acceptors (Lipinski definition) is 1. The number of hydrogen-bond donors (Lipinski definition) is 1. The summed E-state index contributed by atoms with van der Waals surface area (Å²) in [4.78, 5) is 0. The Kier molecular flexibility index (Phi) is 10.5. The zero-order valence-electron chi connectivity index (χ0n) is 10.7. The van der Waals surface area contributed by atoms with E-state index in [-0.39, 0.29) is 17.0 Å². The Balaban J connectivity index is 0.00000256. The fraction of sp³-hybridized carbons (Fsp3) is 0.643. The minimum absolute atomic E-state index is 0. The van der Waals surface area contributed by atoms with Crippen molar-refractivity contribution in [1.29, 1.82) is 0 Å². The topological polar surface area (TPSA) is 24.1 Å². The number of halogens is 1. The van der Waals surface area contributed by atoms with Crippen LogP contribution in [0, 0.1) is 0 Å². The van der Waals surface area contributed by atoms with E-state index in [4.69, 9.17) is 5.11 Å². The summed E-state index contributed by atoms with van der Waals surface area (Å²) in [6.45, 7) is 3.64. The molecule has 0 saturated heterocycles. The largest absolute Gasteiger partial charge is 1.00 e. The monoisotopic (exact) mass is 301 g/mol. The molecule has 1 aromatic heterocycles. The highest BCUT2D eigenvalue weighted by molar-refractivity contribution is 5.06. The van der Waals surface area contributed by atoms with Gasteiger partial charge in [-0.2, -0.15) is 0 Å². The summed E-state index contributed by atoms with van der Waals surface area (Å²) in [6.07, 6.45) is 11.3. The van der Waals surface area contributed by atoms with Gasteiger partial charge in [-0.1, -0.05) is 19.8 Å². The van der Waals surface area contributed by atoms with Crippen LogP contribution >= 0.6 is 0 Å². The molecule has 0 atom stereocenters. The summed E-state index contributed by atoms with van der Waals surface area (Å²) in [5, 5.41) is 8.66. The molecule has 0 radical (unpaired) electrons. The van der Waals surface area contributed by atoms with E-state index in [9.17, 15) is 0 Å². The molecule has 0 aromatic carbocycles. The van der Waals surface area contributed by atoms with Crippen LogP contribution < -0.4 is 21.5 Å². The minimum Gasteiger partial charge on any atom is -1.00 e. The van der Waals surface area contributed by atoms with Crippen molar-refractivity contribution >= 4 is 0 Å².